The summed E-state index contributed by atoms with van der Waals surface area (Å²) in [5, 5.41) is 19.0. The summed E-state index contributed by atoms with van der Waals surface area (Å²) in [5.41, 5.74) is 2.66. The summed E-state index contributed by atoms with van der Waals surface area (Å²) in [4.78, 5) is 15.3. The number of nitriles is 1. The molecular formula is C14H10N2O3S. The van der Waals surface area contributed by atoms with Crippen molar-refractivity contribution < 1.29 is 14.3 Å². The van der Waals surface area contributed by atoms with Gasteiger partial charge in [0, 0.05) is 5.69 Å². The molecule has 2 aromatic rings. The minimum atomic E-state index is -1.11. The Bertz CT molecular complexity index is 731. The zero-order valence-electron chi connectivity index (χ0n) is 10.4. The first kappa shape index (κ1) is 12.8. The first-order valence-electron chi connectivity index (χ1n) is 6.11. The number of fused-ring (bicyclic) bond motifs is 1. The van der Waals surface area contributed by atoms with Gasteiger partial charge < -0.3 is 9.52 Å². The fourth-order valence-electron chi connectivity index (χ4n) is 2.20. The van der Waals surface area contributed by atoms with Gasteiger partial charge in [-0.1, -0.05) is 0 Å². The largest absolute Gasteiger partial charge is 0.475 e. The number of carboxylic acids is 1. The van der Waals surface area contributed by atoms with Crippen LogP contribution in [0.15, 0.2) is 32.7 Å². The van der Waals surface area contributed by atoms with Crippen LogP contribution in [0, 0.1) is 11.3 Å². The first-order chi connectivity index (χ1) is 9.67. The normalized spacial score (nSPS) is 12.9. The quantitative estimate of drug-likeness (QED) is 0.933. The lowest BCUT2D eigenvalue weighted by molar-refractivity contribution is 0.0656. The number of aryl methyl sites for hydroxylation is 2. The minimum absolute atomic E-state index is 0.118. The number of rotatable bonds is 3. The second-order valence-corrected chi connectivity index (χ2v) is 5.43. The van der Waals surface area contributed by atoms with E-state index in [1.807, 2.05) is 6.07 Å². The number of carbonyl (C=O) groups is 1. The fourth-order valence-corrected chi connectivity index (χ4v) is 3.02. The first-order valence-corrected chi connectivity index (χ1v) is 6.93. The highest BCUT2D eigenvalue weighted by atomic mass is 32.2. The highest BCUT2D eigenvalue weighted by Crippen LogP contribution is 2.33. The summed E-state index contributed by atoms with van der Waals surface area (Å²) in [6.07, 6.45) is 2.95. The molecule has 0 fully saturated rings. The maximum absolute atomic E-state index is 10.8. The Kier molecular flexibility index (Phi) is 3.20. The lowest BCUT2D eigenvalue weighted by Gasteiger charge is -2.04. The standard InChI is InChI=1S/C14H10N2O3S/c15-7-9-6-8-2-1-3-10(8)16-13(9)20-12-5-4-11(19-12)14(17)18/h4-6H,1-3H2,(H,17,18). The average molecular weight is 286 g/mol. The van der Waals surface area contributed by atoms with Gasteiger partial charge in [0.25, 0.3) is 0 Å². The van der Waals surface area contributed by atoms with Crippen LogP contribution in [0.25, 0.3) is 0 Å². The van der Waals surface area contributed by atoms with Gasteiger partial charge in [0.1, 0.15) is 11.1 Å². The Hall–Kier alpha value is -2.26. The molecular weight excluding hydrogens is 276 g/mol. The summed E-state index contributed by atoms with van der Waals surface area (Å²) in [6, 6.07) is 6.97. The lowest BCUT2D eigenvalue weighted by atomic mass is 10.2. The third kappa shape index (κ3) is 2.28. The number of nitrogens with zero attached hydrogens (tertiary/aromatic N) is 2. The maximum Gasteiger partial charge on any atom is 0.371 e. The van der Waals surface area contributed by atoms with E-state index in [2.05, 4.69) is 11.1 Å². The van der Waals surface area contributed by atoms with Crippen molar-refractivity contribution in [3.8, 4) is 6.07 Å². The van der Waals surface area contributed by atoms with E-state index >= 15 is 0 Å². The van der Waals surface area contributed by atoms with Gasteiger partial charge in [-0.05, 0) is 54.8 Å². The van der Waals surface area contributed by atoms with Gasteiger partial charge in [0.05, 0.1) is 5.56 Å². The van der Waals surface area contributed by atoms with Crippen molar-refractivity contribution in [2.24, 2.45) is 0 Å². The van der Waals surface area contributed by atoms with Crippen molar-refractivity contribution in [2.45, 2.75) is 29.4 Å². The molecule has 0 aromatic carbocycles. The van der Waals surface area contributed by atoms with Crippen LogP contribution < -0.4 is 0 Å². The monoisotopic (exact) mass is 286 g/mol. The van der Waals surface area contributed by atoms with Crippen LogP contribution in [0.3, 0.4) is 0 Å². The summed E-state index contributed by atoms with van der Waals surface area (Å²) in [6.45, 7) is 0. The van der Waals surface area contributed by atoms with E-state index in [0.29, 0.717) is 15.7 Å². The van der Waals surface area contributed by atoms with Crippen molar-refractivity contribution in [3.63, 3.8) is 0 Å². The van der Waals surface area contributed by atoms with Gasteiger partial charge in [-0.15, -0.1) is 0 Å². The molecule has 6 heteroatoms. The molecule has 0 unspecified atom stereocenters. The molecule has 0 bridgehead atoms. The average Bonchev–Trinajstić information content (AvgIpc) is 3.06. The second kappa shape index (κ2) is 5.02. The lowest BCUT2D eigenvalue weighted by Crippen LogP contribution is -1.94. The van der Waals surface area contributed by atoms with Crippen molar-refractivity contribution in [2.75, 3.05) is 0 Å². The molecule has 0 spiro atoms. The molecule has 100 valence electrons. The second-order valence-electron chi connectivity index (χ2n) is 4.44. The molecule has 0 amide bonds. The number of hydrogen-bond acceptors (Lipinski definition) is 5. The molecule has 0 radical (unpaired) electrons. The highest BCUT2D eigenvalue weighted by molar-refractivity contribution is 7.99. The van der Waals surface area contributed by atoms with E-state index in [1.165, 1.54) is 17.8 Å². The number of aromatic carboxylic acids is 1. The van der Waals surface area contributed by atoms with E-state index in [-0.39, 0.29) is 5.76 Å². The number of pyridine rings is 1. The van der Waals surface area contributed by atoms with Crippen LogP contribution in [0.2, 0.25) is 0 Å². The maximum atomic E-state index is 10.8. The Labute approximate surface area is 119 Å². The van der Waals surface area contributed by atoms with Crippen molar-refractivity contribution in [3.05, 3.63) is 40.8 Å². The Morgan fingerprint density at radius 3 is 3.00 bits per heavy atom. The molecule has 2 aromatic heterocycles. The molecule has 1 N–H and O–H groups in total. The van der Waals surface area contributed by atoms with Crippen molar-refractivity contribution in [1.29, 1.82) is 5.26 Å². The van der Waals surface area contributed by atoms with Crippen LogP contribution in [0.1, 0.15) is 33.8 Å². The Morgan fingerprint density at radius 2 is 2.30 bits per heavy atom. The number of furan rings is 1. The van der Waals surface area contributed by atoms with Crippen molar-refractivity contribution >= 4 is 17.7 Å². The molecule has 20 heavy (non-hydrogen) atoms. The predicted molar refractivity (Wildman–Crippen MR) is 70.8 cm³/mol. The third-order valence-corrected chi connectivity index (χ3v) is 4.05. The topological polar surface area (TPSA) is 87.1 Å². The van der Waals surface area contributed by atoms with Crippen LogP contribution in [0.4, 0.5) is 0 Å². The fraction of sp³-hybridized carbons (Fsp3) is 0.214. The molecule has 3 rings (SSSR count). The molecule has 2 heterocycles. The molecule has 0 aliphatic heterocycles. The molecule has 0 atom stereocenters. The number of aromatic nitrogens is 1. The molecule has 1 aliphatic rings. The summed E-state index contributed by atoms with van der Waals surface area (Å²) in [7, 11) is 0. The zero-order valence-corrected chi connectivity index (χ0v) is 11.2. The van der Waals surface area contributed by atoms with Crippen LogP contribution in [-0.2, 0) is 12.8 Å². The Balaban J connectivity index is 1.93. The highest BCUT2D eigenvalue weighted by Gasteiger charge is 2.18. The summed E-state index contributed by atoms with van der Waals surface area (Å²) >= 11 is 1.18. The zero-order chi connectivity index (χ0) is 14.1. The van der Waals surface area contributed by atoms with Crippen LogP contribution >= 0.6 is 11.8 Å². The number of carboxylic acid groups (broad SMARTS) is 1. The summed E-state index contributed by atoms with van der Waals surface area (Å²) < 4.78 is 5.18. The SMILES string of the molecule is N#Cc1cc2c(nc1Sc1ccc(C(=O)O)o1)CCC2. The van der Waals surface area contributed by atoms with Gasteiger partial charge in [-0.2, -0.15) is 5.26 Å². The van der Waals surface area contributed by atoms with Gasteiger partial charge in [-0.25, -0.2) is 9.78 Å². The van der Waals surface area contributed by atoms with E-state index in [9.17, 15) is 10.1 Å². The minimum Gasteiger partial charge on any atom is -0.475 e. The molecule has 0 saturated carbocycles. The van der Waals surface area contributed by atoms with Gasteiger partial charge in [0.2, 0.25) is 5.76 Å². The third-order valence-electron chi connectivity index (χ3n) is 3.13. The number of hydrogen-bond donors (Lipinski definition) is 1. The van der Waals surface area contributed by atoms with Gasteiger partial charge in [0.15, 0.2) is 5.09 Å². The van der Waals surface area contributed by atoms with Crippen LogP contribution in [-0.4, -0.2) is 16.1 Å². The smallest absolute Gasteiger partial charge is 0.371 e. The van der Waals surface area contributed by atoms with E-state index in [4.69, 9.17) is 9.52 Å². The van der Waals surface area contributed by atoms with Gasteiger partial charge >= 0.3 is 5.97 Å². The molecule has 1 aliphatic carbocycles. The van der Waals surface area contributed by atoms with E-state index < -0.39 is 5.97 Å². The molecule has 5 nitrogen and oxygen atoms in total. The Morgan fingerprint density at radius 1 is 1.45 bits per heavy atom. The van der Waals surface area contributed by atoms with E-state index in [0.717, 1.165) is 30.5 Å². The van der Waals surface area contributed by atoms with E-state index in [1.54, 1.807) is 6.07 Å². The predicted octanol–water partition coefficient (Wildman–Crippen LogP) is 2.88. The van der Waals surface area contributed by atoms with Gasteiger partial charge in [-0.3, -0.25) is 0 Å². The summed E-state index contributed by atoms with van der Waals surface area (Å²) in [5.74, 6) is -1.23. The molecule has 0 saturated heterocycles. The van der Waals surface area contributed by atoms with Crippen LogP contribution in [0.5, 0.6) is 0 Å². The van der Waals surface area contributed by atoms with Crippen molar-refractivity contribution in [1.82, 2.24) is 4.98 Å².